The summed E-state index contributed by atoms with van der Waals surface area (Å²) in [6.45, 7) is 11.3. The highest BCUT2D eigenvalue weighted by Crippen LogP contribution is 2.19. The number of piperazine rings is 1. The summed E-state index contributed by atoms with van der Waals surface area (Å²) in [6, 6.07) is 0.990. The lowest BCUT2D eigenvalue weighted by molar-refractivity contribution is 0.0952. The summed E-state index contributed by atoms with van der Waals surface area (Å²) in [5.74, 6) is 1.24. The van der Waals surface area contributed by atoms with Crippen LogP contribution in [0.4, 0.5) is 0 Å². The molecule has 0 saturated carbocycles. The van der Waals surface area contributed by atoms with Gasteiger partial charge in [-0.3, -0.25) is 4.90 Å². The van der Waals surface area contributed by atoms with Gasteiger partial charge in [-0.05, 0) is 18.8 Å². The molecule has 5 heteroatoms. The number of nitrogens with zero attached hydrogens (tertiary/aromatic N) is 1. The molecule has 0 aliphatic carbocycles. The molecule has 0 aromatic heterocycles. The minimum Gasteiger partial charge on any atom is -0.311 e. The van der Waals surface area contributed by atoms with E-state index in [0.29, 0.717) is 36.1 Å². The molecule has 4 nitrogen and oxygen atoms in total. The van der Waals surface area contributed by atoms with Crippen LogP contribution in [-0.4, -0.2) is 56.5 Å². The predicted octanol–water partition coefficient (Wildman–Crippen LogP) is 2.30. The molecule has 21 heavy (non-hydrogen) atoms. The normalized spacial score (nSPS) is 25.9. The van der Waals surface area contributed by atoms with Gasteiger partial charge >= 0.3 is 0 Å². The van der Waals surface area contributed by atoms with Gasteiger partial charge in [-0.25, -0.2) is 8.42 Å². The van der Waals surface area contributed by atoms with E-state index in [2.05, 4.69) is 31.0 Å². The molecule has 1 aliphatic rings. The Morgan fingerprint density at radius 1 is 1.19 bits per heavy atom. The van der Waals surface area contributed by atoms with Crippen LogP contribution < -0.4 is 5.32 Å². The van der Waals surface area contributed by atoms with Gasteiger partial charge in [0.05, 0.1) is 5.75 Å². The Bertz CT molecular complexity index is 384. The molecule has 1 fully saturated rings. The van der Waals surface area contributed by atoms with Crippen molar-refractivity contribution in [3.05, 3.63) is 0 Å². The van der Waals surface area contributed by atoms with E-state index in [0.717, 1.165) is 25.9 Å². The van der Waals surface area contributed by atoms with Gasteiger partial charge in [0, 0.05) is 37.5 Å². The van der Waals surface area contributed by atoms with Crippen molar-refractivity contribution in [3.8, 4) is 0 Å². The van der Waals surface area contributed by atoms with Crippen molar-refractivity contribution in [1.29, 1.82) is 0 Å². The zero-order chi connectivity index (χ0) is 15.9. The fourth-order valence-electron chi connectivity index (χ4n) is 3.20. The summed E-state index contributed by atoms with van der Waals surface area (Å²) < 4.78 is 24.0. The van der Waals surface area contributed by atoms with Gasteiger partial charge in [0.2, 0.25) is 0 Å². The van der Waals surface area contributed by atoms with Crippen molar-refractivity contribution < 1.29 is 8.42 Å². The standard InChI is InChI=1S/C16H34N2O2S/c1-5-8-15-13-18(9-11-21(19,20)10-6-2)16(12-17-15)14(4)7-3/h14-17H,5-13H2,1-4H3. The highest BCUT2D eigenvalue weighted by Gasteiger charge is 2.30. The third-order valence-electron chi connectivity index (χ3n) is 4.68. The van der Waals surface area contributed by atoms with E-state index >= 15 is 0 Å². The Balaban J connectivity index is 2.65. The van der Waals surface area contributed by atoms with Gasteiger partial charge in [0.1, 0.15) is 0 Å². The Hall–Kier alpha value is -0.130. The third kappa shape index (κ3) is 6.25. The van der Waals surface area contributed by atoms with E-state index in [4.69, 9.17) is 0 Å². The molecule has 0 bridgehead atoms. The molecule has 3 atom stereocenters. The van der Waals surface area contributed by atoms with E-state index in [9.17, 15) is 8.42 Å². The van der Waals surface area contributed by atoms with Crippen LogP contribution in [0.2, 0.25) is 0 Å². The Morgan fingerprint density at radius 3 is 2.48 bits per heavy atom. The number of nitrogens with one attached hydrogen (secondary N) is 1. The lowest BCUT2D eigenvalue weighted by atomic mass is 9.94. The van der Waals surface area contributed by atoms with E-state index in [1.165, 1.54) is 12.8 Å². The van der Waals surface area contributed by atoms with Crippen LogP contribution in [0.1, 0.15) is 53.4 Å². The van der Waals surface area contributed by atoms with Crippen molar-refractivity contribution in [2.24, 2.45) is 5.92 Å². The molecule has 1 N–H and O–H groups in total. The highest BCUT2D eigenvalue weighted by atomic mass is 32.2. The van der Waals surface area contributed by atoms with Crippen LogP contribution in [0.5, 0.6) is 0 Å². The summed E-state index contributed by atoms with van der Waals surface area (Å²) in [4.78, 5) is 2.43. The maximum atomic E-state index is 12.0. The Labute approximate surface area is 131 Å². The molecule has 0 radical (unpaired) electrons. The second kappa shape index (κ2) is 9.11. The molecular formula is C16H34N2O2S. The van der Waals surface area contributed by atoms with Crippen molar-refractivity contribution in [2.45, 2.75) is 65.5 Å². The van der Waals surface area contributed by atoms with Gasteiger partial charge in [0.15, 0.2) is 9.84 Å². The molecule has 0 aromatic carbocycles. The smallest absolute Gasteiger partial charge is 0.151 e. The fourth-order valence-corrected chi connectivity index (χ4v) is 4.54. The SMILES string of the molecule is CCCC1CN(CCS(=O)(=O)CCC)C(C(C)CC)CN1. The molecule has 0 spiro atoms. The van der Waals surface area contributed by atoms with Crippen LogP contribution >= 0.6 is 0 Å². The quantitative estimate of drug-likeness (QED) is 0.709. The summed E-state index contributed by atoms with van der Waals surface area (Å²) in [5.41, 5.74) is 0. The number of hydrogen-bond donors (Lipinski definition) is 1. The van der Waals surface area contributed by atoms with Gasteiger partial charge < -0.3 is 5.32 Å². The Kier molecular flexibility index (Phi) is 8.21. The van der Waals surface area contributed by atoms with Gasteiger partial charge in [-0.15, -0.1) is 0 Å². The van der Waals surface area contributed by atoms with E-state index in [1.54, 1.807) is 0 Å². The van der Waals surface area contributed by atoms with E-state index in [-0.39, 0.29) is 0 Å². The second-order valence-electron chi connectivity index (χ2n) is 6.49. The van der Waals surface area contributed by atoms with Crippen molar-refractivity contribution in [1.82, 2.24) is 10.2 Å². The van der Waals surface area contributed by atoms with Crippen molar-refractivity contribution in [3.63, 3.8) is 0 Å². The Morgan fingerprint density at radius 2 is 1.90 bits per heavy atom. The second-order valence-corrected chi connectivity index (χ2v) is 8.80. The van der Waals surface area contributed by atoms with Gasteiger partial charge in [0.25, 0.3) is 0 Å². The minimum atomic E-state index is -2.88. The molecule has 1 aliphatic heterocycles. The molecular weight excluding hydrogens is 284 g/mol. The average molecular weight is 319 g/mol. The maximum absolute atomic E-state index is 12.0. The zero-order valence-electron chi connectivity index (χ0n) is 14.3. The van der Waals surface area contributed by atoms with Crippen LogP contribution in [0.15, 0.2) is 0 Å². The van der Waals surface area contributed by atoms with E-state index in [1.807, 2.05) is 6.92 Å². The average Bonchev–Trinajstić information content (AvgIpc) is 2.45. The molecule has 0 amide bonds. The van der Waals surface area contributed by atoms with Gasteiger partial charge in [-0.2, -0.15) is 0 Å². The summed E-state index contributed by atoms with van der Waals surface area (Å²) in [5, 5.41) is 3.65. The van der Waals surface area contributed by atoms with Gasteiger partial charge in [-0.1, -0.05) is 40.5 Å². The molecule has 1 heterocycles. The van der Waals surface area contributed by atoms with E-state index < -0.39 is 9.84 Å². The first-order chi connectivity index (χ1) is 9.93. The largest absolute Gasteiger partial charge is 0.311 e. The molecule has 3 unspecified atom stereocenters. The van der Waals surface area contributed by atoms with Crippen molar-refractivity contribution in [2.75, 3.05) is 31.1 Å². The number of rotatable bonds is 9. The van der Waals surface area contributed by atoms with Crippen LogP contribution in [-0.2, 0) is 9.84 Å². The molecule has 1 rings (SSSR count). The van der Waals surface area contributed by atoms with Crippen molar-refractivity contribution >= 4 is 9.84 Å². The first-order valence-electron chi connectivity index (χ1n) is 8.61. The summed E-state index contributed by atoms with van der Waals surface area (Å²) >= 11 is 0. The van der Waals surface area contributed by atoms with Crippen LogP contribution in [0.25, 0.3) is 0 Å². The highest BCUT2D eigenvalue weighted by molar-refractivity contribution is 7.91. The maximum Gasteiger partial charge on any atom is 0.151 e. The van der Waals surface area contributed by atoms with Crippen LogP contribution in [0, 0.1) is 5.92 Å². The molecule has 1 saturated heterocycles. The predicted molar refractivity (Wildman–Crippen MR) is 90.5 cm³/mol. The molecule has 0 aromatic rings. The lowest BCUT2D eigenvalue weighted by Crippen LogP contribution is -2.59. The minimum absolute atomic E-state index is 0.312. The monoisotopic (exact) mass is 318 g/mol. The zero-order valence-corrected chi connectivity index (χ0v) is 15.1. The first-order valence-corrected chi connectivity index (χ1v) is 10.4. The summed E-state index contributed by atoms with van der Waals surface area (Å²) in [6.07, 6.45) is 4.21. The number of sulfone groups is 1. The topological polar surface area (TPSA) is 49.4 Å². The summed E-state index contributed by atoms with van der Waals surface area (Å²) in [7, 11) is -2.88. The lowest BCUT2D eigenvalue weighted by Gasteiger charge is -2.43. The fraction of sp³-hybridized carbons (Fsp3) is 1.00. The number of hydrogen-bond acceptors (Lipinski definition) is 4. The third-order valence-corrected chi connectivity index (χ3v) is 6.52. The van der Waals surface area contributed by atoms with Crippen LogP contribution in [0.3, 0.4) is 0 Å². The first kappa shape index (κ1) is 18.9. The molecule has 126 valence electrons.